The maximum absolute atomic E-state index is 11.9. The first-order valence-electron chi connectivity index (χ1n) is 7.89. The van der Waals surface area contributed by atoms with Crippen molar-refractivity contribution < 1.29 is 19.2 Å². The molecule has 0 saturated carbocycles. The summed E-state index contributed by atoms with van der Waals surface area (Å²) in [5.41, 5.74) is 3.80. The van der Waals surface area contributed by atoms with Gasteiger partial charge in [0.25, 0.3) is 5.69 Å². The molecule has 0 aromatic heterocycles. The topological polar surface area (TPSA) is 103 Å². The van der Waals surface area contributed by atoms with Gasteiger partial charge < -0.3 is 9.47 Å². The molecule has 0 saturated heterocycles. The lowest BCUT2D eigenvalue weighted by Crippen LogP contribution is -2.19. The van der Waals surface area contributed by atoms with Crippen molar-refractivity contribution in [3.05, 3.63) is 63.7 Å². The molecule has 0 aliphatic rings. The molecule has 8 heteroatoms. The Bertz CT molecular complexity index is 803. The summed E-state index contributed by atoms with van der Waals surface area (Å²) in [7, 11) is 1.55. The molecule has 0 fully saturated rings. The van der Waals surface area contributed by atoms with Crippen LogP contribution in [0, 0.1) is 10.1 Å². The van der Waals surface area contributed by atoms with E-state index >= 15 is 0 Å². The van der Waals surface area contributed by atoms with Gasteiger partial charge in [-0.05, 0) is 36.2 Å². The Morgan fingerprint density at radius 3 is 2.58 bits per heavy atom. The first kappa shape index (κ1) is 18.9. The van der Waals surface area contributed by atoms with Crippen LogP contribution < -0.4 is 14.9 Å². The van der Waals surface area contributed by atoms with E-state index in [1.54, 1.807) is 37.4 Å². The van der Waals surface area contributed by atoms with Crippen LogP contribution in [-0.2, 0) is 11.2 Å². The predicted octanol–water partition coefficient (Wildman–Crippen LogP) is 2.69. The van der Waals surface area contributed by atoms with Crippen molar-refractivity contribution in [2.24, 2.45) is 5.10 Å². The second-order valence-electron chi connectivity index (χ2n) is 5.24. The lowest BCUT2D eigenvalue weighted by Gasteiger charge is -2.09. The van der Waals surface area contributed by atoms with Crippen LogP contribution >= 0.6 is 0 Å². The van der Waals surface area contributed by atoms with E-state index in [0.29, 0.717) is 23.7 Å². The molecule has 1 N–H and O–H groups in total. The van der Waals surface area contributed by atoms with Crippen LogP contribution in [0.15, 0.2) is 47.6 Å². The van der Waals surface area contributed by atoms with E-state index in [2.05, 4.69) is 10.5 Å². The monoisotopic (exact) mass is 357 g/mol. The average molecular weight is 357 g/mol. The maximum atomic E-state index is 11.9. The lowest BCUT2D eigenvalue weighted by atomic mass is 10.1. The van der Waals surface area contributed by atoms with Gasteiger partial charge in [-0.3, -0.25) is 14.9 Å². The zero-order valence-corrected chi connectivity index (χ0v) is 14.5. The van der Waals surface area contributed by atoms with Gasteiger partial charge in [0.1, 0.15) is 0 Å². The number of hydrazone groups is 1. The quantitative estimate of drug-likeness (QED) is 0.444. The zero-order valence-electron chi connectivity index (χ0n) is 14.5. The average Bonchev–Trinajstić information content (AvgIpc) is 2.63. The number of ether oxygens (including phenoxy) is 2. The predicted molar refractivity (Wildman–Crippen MR) is 96.7 cm³/mol. The summed E-state index contributed by atoms with van der Waals surface area (Å²) in [4.78, 5) is 22.0. The Labute approximate surface area is 150 Å². The minimum absolute atomic E-state index is 0.0170. The third-order valence-corrected chi connectivity index (χ3v) is 3.40. The summed E-state index contributed by atoms with van der Waals surface area (Å²) in [5.74, 6) is 0.885. The van der Waals surface area contributed by atoms with Crippen molar-refractivity contribution in [3.8, 4) is 11.5 Å². The van der Waals surface area contributed by atoms with Gasteiger partial charge in [0, 0.05) is 12.1 Å². The number of non-ortho nitro benzene ring substituents is 1. The Kier molecular flexibility index (Phi) is 6.67. The fourth-order valence-corrected chi connectivity index (χ4v) is 2.18. The van der Waals surface area contributed by atoms with Gasteiger partial charge in [0.15, 0.2) is 11.5 Å². The molecule has 2 aromatic rings. The number of methoxy groups -OCH3 is 1. The van der Waals surface area contributed by atoms with Crippen molar-refractivity contribution in [3.63, 3.8) is 0 Å². The number of hydrogen-bond acceptors (Lipinski definition) is 6. The van der Waals surface area contributed by atoms with Crippen molar-refractivity contribution in [1.29, 1.82) is 0 Å². The largest absolute Gasteiger partial charge is 0.493 e. The summed E-state index contributed by atoms with van der Waals surface area (Å²) < 4.78 is 10.7. The van der Waals surface area contributed by atoms with Crippen molar-refractivity contribution in [2.45, 2.75) is 13.3 Å². The molecule has 2 aromatic carbocycles. The molecule has 0 unspecified atom stereocenters. The Morgan fingerprint density at radius 2 is 1.96 bits per heavy atom. The van der Waals surface area contributed by atoms with Gasteiger partial charge in [-0.1, -0.05) is 12.1 Å². The molecule has 0 aliphatic carbocycles. The fourth-order valence-electron chi connectivity index (χ4n) is 2.18. The first-order chi connectivity index (χ1) is 12.5. The lowest BCUT2D eigenvalue weighted by molar-refractivity contribution is -0.384. The van der Waals surface area contributed by atoms with Crippen LogP contribution in [0.5, 0.6) is 11.5 Å². The number of nitro benzene ring substituents is 1. The minimum Gasteiger partial charge on any atom is -0.493 e. The molecule has 0 radical (unpaired) electrons. The van der Waals surface area contributed by atoms with Crippen LogP contribution in [0.2, 0.25) is 0 Å². The molecule has 0 atom stereocenters. The van der Waals surface area contributed by atoms with E-state index in [4.69, 9.17) is 9.47 Å². The highest BCUT2D eigenvalue weighted by molar-refractivity contribution is 5.84. The molecule has 1 amide bonds. The summed E-state index contributed by atoms with van der Waals surface area (Å²) in [6.45, 7) is 2.41. The SMILES string of the molecule is CCOc1ccc(/C=N/NC(=O)Cc2ccc([N+](=O)[O-])cc2)cc1OC. The third-order valence-electron chi connectivity index (χ3n) is 3.40. The van der Waals surface area contributed by atoms with E-state index in [9.17, 15) is 14.9 Å². The molecular weight excluding hydrogens is 338 g/mol. The molecule has 8 nitrogen and oxygen atoms in total. The highest BCUT2D eigenvalue weighted by atomic mass is 16.6. The highest BCUT2D eigenvalue weighted by Crippen LogP contribution is 2.27. The fraction of sp³-hybridized carbons (Fsp3) is 0.222. The summed E-state index contributed by atoms with van der Waals surface area (Å²) in [6.07, 6.45) is 1.56. The van der Waals surface area contributed by atoms with Gasteiger partial charge in [0.05, 0.1) is 31.3 Å². The van der Waals surface area contributed by atoms with Crippen molar-refractivity contribution in [2.75, 3.05) is 13.7 Å². The van der Waals surface area contributed by atoms with E-state index in [-0.39, 0.29) is 18.0 Å². The van der Waals surface area contributed by atoms with Crippen LogP contribution in [0.4, 0.5) is 5.69 Å². The van der Waals surface area contributed by atoms with Gasteiger partial charge in [0.2, 0.25) is 5.91 Å². The van der Waals surface area contributed by atoms with E-state index in [1.807, 2.05) is 6.92 Å². The summed E-state index contributed by atoms with van der Waals surface area (Å²) in [5, 5.41) is 14.5. The van der Waals surface area contributed by atoms with Crippen LogP contribution in [-0.4, -0.2) is 30.8 Å². The number of nitrogens with zero attached hydrogens (tertiary/aromatic N) is 2. The molecule has 0 bridgehead atoms. The van der Waals surface area contributed by atoms with Gasteiger partial charge in [-0.15, -0.1) is 0 Å². The number of carbonyl (C=O) groups excluding carboxylic acids is 1. The number of amides is 1. The van der Waals surface area contributed by atoms with Gasteiger partial charge in [-0.2, -0.15) is 5.10 Å². The first-order valence-corrected chi connectivity index (χ1v) is 7.89. The number of rotatable bonds is 8. The molecule has 136 valence electrons. The normalized spacial score (nSPS) is 10.5. The maximum Gasteiger partial charge on any atom is 0.269 e. The third kappa shape index (κ3) is 5.30. The van der Waals surface area contributed by atoms with E-state index < -0.39 is 4.92 Å². The summed E-state index contributed by atoms with van der Waals surface area (Å²) >= 11 is 0. The van der Waals surface area contributed by atoms with Crippen LogP contribution in [0.1, 0.15) is 18.1 Å². The van der Waals surface area contributed by atoms with Crippen molar-refractivity contribution >= 4 is 17.8 Å². The van der Waals surface area contributed by atoms with Crippen LogP contribution in [0.25, 0.3) is 0 Å². The molecule has 0 spiro atoms. The zero-order chi connectivity index (χ0) is 18.9. The molecular formula is C18H19N3O5. The standard InChI is InChI=1S/C18H19N3O5/c1-3-26-16-9-6-14(10-17(16)25-2)12-19-20-18(22)11-13-4-7-15(8-5-13)21(23)24/h4-10,12H,3,11H2,1-2H3,(H,20,22)/b19-12+. The van der Waals surface area contributed by atoms with Crippen LogP contribution in [0.3, 0.4) is 0 Å². The Morgan fingerprint density at radius 1 is 1.23 bits per heavy atom. The Balaban J connectivity index is 1.93. The highest BCUT2D eigenvalue weighted by Gasteiger charge is 2.07. The molecule has 2 rings (SSSR count). The van der Waals surface area contributed by atoms with Gasteiger partial charge in [-0.25, -0.2) is 5.43 Å². The summed E-state index contributed by atoms with van der Waals surface area (Å²) in [6, 6.07) is 11.1. The number of hydrogen-bond donors (Lipinski definition) is 1. The molecule has 0 aliphatic heterocycles. The number of carbonyl (C=O) groups is 1. The van der Waals surface area contributed by atoms with E-state index in [1.165, 1.54) is 18.3 Å². The molecule has 0 heterocycles. The number of nitrogens with one attached hydrogen (secondary N) is 1. The number of nitro groups is 1. The Hall–Kier alpha value is -3.42. The van der Waals surface area contributed by atoms with E-state index in [0.717, 1.165) is 5.56 Å². The second-order valence-corrected chi connectivity index (χ2v) is 5.24. The number of benzene rings is 2. The molecule has 26 heavy (non-hydrogen) atoms. The second kappa shape index (κ2) is 9.16. The smallest absolute Gasteiger partial charge is 0.269 e. The minimum atomic E-state index is -0.487. The van der Waals surface area contributed by atoms with Crippen molar-refractivity contribution in [1.82, 2.24) is 5.43 Å². The van der Waals surface area contributed by atoms with Gasteiger partial charge >= 0.3 is 0 Å².